The molecule has 2 heterocycles. The number of amides is 1. The summed E-state index contributed by atoms with van der Waals surface area (Å²) in [7, 11) is 0. The van der Waals surface area contributed by atoms with Gasteiger partial charge in [-0.25, -0.2) is 0 Å². The lowest BCUT2D eigenvalue weighted by atomic mass is 9.97. The van der Waals surface area contributed by atoms with Crippen LogP contribution >= 0.6 is 0 Å². The van der Waals surface area contributed by atoms with Crippen molar-refractivity contribution >= 4 is 5.91 Å². The second-order valence-electron chi connectivity index (χ2n) is 19.7. The first kappa shape index (κ1) is 61.8. The lowest BCUT2D eigenvalue weighted by Gasteiger charge is -2.46. The fraction of sp³-hybridized carbons (Fsp3) is 0.943. The van der Waals surface area contributed by atoms with E-state index in [2.05, 4.69) is 19.2 Å². The van der Waals surface area contributed by atoms with E-state index in [0.717, 1.165) is 44.9 Å². The van der Waals surface area contributed by atoms with Crippen molar-refractivity contribution in [3.63, 3.8) is 0 Å². The normalized spacial score (nSPS) is 26.6. The zero-order chi connectivity index (χ0) is 48.9. The number of ether oxygens (including phenoxy) is 4. The molecule has 2 saturated heterocycles. The number of hydrogen-bond acceptors (Lipinski definition) is 13. The van der Waals surface area contributed by atoms with Gasteiger partial charge in [-0.15, -0.1) is 0 Å². The molecule has 67 heavy (non-hydrogen) atoms. The molecule has 0 spiro atoms. The molecule has 396 valence electrons. The fourth-order valence-corrected chi connectivity index (χ4v) is 9.23. The molecular weight excluding hydrogens is 859 g/mol. The smallest absolute Gasteiger partial charge is 0.220 e. The van der Waals surface area contributed by atoms with Crippen LogP contribution in [0.25, 0.3) is 0 Å². The van der Waals surface area contributed by atoms with E-state index in [0.29, 0.717) is 6.42 Å². The third kappa shape index (κ3) is 27.2. The van der Waals surface area contributed by atoms with E-state index in [1.807, 2.05) is 6.08 Å². The Labute approximate surface area is 406 Å². The van der Waals surface area contributed by atoms with Gasteiger partial charge in [0.2, 0.25) is 5.91 Å². The first-order chi connectivity index (χ1) is 32.6. The van der Waals surface area contributed by atoms with Crippen molar-refractivity contribution in [2.75, 3.05) is 19.8 Å². The topological polar surface area (TPSA) is 228 Å². The molecule has 0 radical (unpaired) electrons. The standard InChI is InChI=1S/C53H101NO13/c1-3-5-7-9-10-11-12-13-14-15-16-17-18-19-20-21-22-23-24-25-26-27-28-29-30-31-33-35-37-45(58)54-41(42(57)36-34-32-8-6-4-2)40-64-52-50(63)48(61)51(44(39-56)66-52)67-53-49(62)47(60)46(59)43(38-55)65-53/h34,36,41-44,46-53,55-57,59-63H,3-33,35,37-40H2,1-2H3,(H,54,58)/b36-34+. The fourth-order valence-electron chi connectivity index (χ4n) is 9.23. The van der Waals surface area contributed by atoms with Crippen LogP contribution in [0.15, 0.2) is 12.2 Å². The molecule has 0 aromatic heterocycles. The SMILES string of the molecule is CCCCC/C=C/C(O)C(COC1OC(CO)C(OC2OC(CO)C(O)C(O)C2O)C(O)C1O)NC(=O)CCCCCCCCCCCCCCCCCCCCCCCCCCCCCC. The zero-order valence-electron chi connectivity index (χ0n) is 42.2. The second-order valence-corrected chi connectivity index (χ2v) is 19.7. The number of nitrogens with one attached hydrogen (secondary N) is 1. The number of aliphatic hydroxyl groups is 8. The Morgan fingerprint density at radius 3 is 1.37 bits per heavy atom. The summed E-state index contributed by atoms with van der Waals surface area (Å²) in [6, 6.07) is -0.905. The molecule has 12 atom stereocenters. The summed E-state index contributed by atoms with van der Waals surface area (Å²) in [4.78, 5) is 13.1. The molecular formula is C53H101NO13. The molecule has 2 rings (SSSR count). The highest BCUT2D eigenvalue weighted by molar-refractivity contribution is 5.76. The van der Waals surface area contributed by atoms with Crippen molar-refractivity contribution in [3.05, 3.63) is 12.2 Å². The van der Waals surface area contributed by atoms with E-state index in [9.17, 15) is 45.6 Å². The van der Waals surface area contributed by atoms with Crippen molar-refractivity contribution in [1.29, 1.82) is 0 Å². The van der Waals surface area contributed by atoms with Gasteiger partial charge in [-0.1, -0.05) is 212 Å². The molecule has 9 N–H and O–H groups in total. The maximum atomic E-state index is 13.1. The van der Waals surface area contributed by atoms with E-state index < -0.39 is 86.8 Å². The molecule has 0 aromatic rings. The van der Waals surface area contributed by atoms with Gasteiger partial charge in [-0.2, -0.15) is 0 Å². The minimum atomic E-state index is -1.78. The predicted molar refractivity (Wildman–Crippen MR) is 263 cm³/mol. The lowest BCUT2D eigenvalue weighted by molar-refractivity contribution is -0.359. The largest absolute Gasteiger partial charge is 0.394 e. The van der Waals surface area contributed by atoms with E-state index in [1.54, 1.807) is 6.08 Å². The van der Waals surface area contributed by atoms with Gasteiger partial charge in [-0.05, 0) is 19.3 Å². The van der Waals surface area contributed by atoms with Gasteiger partial charge >= 0.3 is 0 Å². The quantitative estimate of drug-likeness (QED) is 0.0209. The average molecular weight is 960 g/mol. The number of carbonyl (C=O) groups is 1. The molecule has 2 aliphatic rings. The molecule has 0 aromatic carbocycles. The Hall–Kier alpha value is -1.27. The van der Waals surface area contributed by atoms with Gasteiger partial charge in [0.05, 0.1) is 32.0 Å². The van der Waals surface area contributed by atoms with Crippen LogP contribution in [-0.2, 0) is 23.7 Å². The highest BCUT2D eigenvalue weighted by Crippen LogP contribution is 2.30. The second kappa shape index (κ2) is 40.3. The Morgan fingerprint density at radius 1 is 0.522 bits per heavy atom. The van der Waals surface area contributed by atoms with E-state index in [1.165, 1.54) is 154 Å². The number of rotatable bonds is 43. The third-order valence-electron chi connectivity index (χ3n) is 13.7. The van der Waals surface area contributed by atoms with E-state index in [-0.39, 0.29) is 18.9 Å². The highest BCUT2D eigenvalue weighted by Gasteiger charge is 2.51. The Kier molecular flexibility index (Phi) is 37.2. The zero-order valence-corrected chi connectivity index (χ0v) is 42.2. The van der Waals surface area contributed by atoms with Gasteiger partial charge in [0.25, 0.3) is 0 Å². The van der Waals surface area contributed by atoms with Gasteiger partial charge < -0.3 is 65.1 Å². The van der Waals surface area contributed by atoms with E-state index >= 15 is 0 Å². The minimum absolute atomic E-state index is 0.242. The first-order valence-electron chi connectivity index (χ1n) is 27.4. The average Bonchev–Trinajstić information content (AvgIpc) is 3.32. The van der Waals surface area contributed by atoms with Crippen molar-refractivity contribution in [2.24, 2.45) is 0 Å². The number of hydrogen-bond donors (Lipinski definition) is 9. The maximum Gasteiger partial charge on any atom is 0.220 e. The Morgan fingerprint density at radius 2 is 0.925 bits per heavy atom. The molecule has 1 amide bonds. The molecule has 14 nitrogen and oxygen atoms in total. The van der Waals surface area contributed by atoms with Gasteiger partial charge in [0.15, 0.2) is 12.6 Å². The lowest BCUT2D eigenvalue weighted by Crippen LogP contribution is -2.65. The molecule has 2 aliphatic heterocycles. The highest BCUT2D eigenvalue weighted by atomic mass is 16.7. The summed E-state index contributed by atoms with van der Waals surface area (Å²) in [6.07, 6.45) is 27.8. The van der Waals surface area contributed by atoms with Gasteiger partial charge in [0, 0.05) is 6.42 Å². The molecule has 12 unspecified atom stereocenters. The summed E-state index contributed by atoms with van der Waals surface area (Å²) in [5.41, 5.74) is 0. The summed E-state index contributed by atoms with van der Waals surface area (Å²) < 4.78 is 22.6. The number of aliphatic hydroxyl groups excluding tert-OH is 8. The maximum absolute atomic E-state index is 13.1. The van der Waals surface area contributed by atoms with Crippen LogP contribution in [0.2, 0.25) is 0 Å². The van der Waals surface area contributed by atoms with Gasteiger partial charge in [-0.3, -0.25) is 4.79 Å². The van der Waals surface area contributed by atoms with E-state index in [4.69, 9.17) is 18.9 Å². The van der Waals surface area contributed by atoms with Crippen LogP contribution in [0.4, 0.5) is 0 Å². The summed E-state index contributed by atoms with van der Waals surface area (Å²) in [5, 5.41) is 86.2. The van der Waals surface area contributed by atoms with Gasteiger partial charge in [0.1, 0.15) is 48.8 Å². The van der Waals surface area contributed by atoms with Crippen LogP contribution in [-0.4, -0.2) is 140 Å². The monoisotopic (exact) mass is 960 g/mol. The van der Waals surface area contributed by atoms with Crippen LogP contribution in [0.3, 0.4) is 0 Å². The van der Waals surface area contributed by atoms with Crippen LogP contribution in [0.5, 0.6) is 0 Å². The van der Waals surface area contributed by atoms with Crippen molar-refractivity contribution in [3.8, 4) is 0 Å². The van der Waals surface area contributed by atoms with Crippen LogP contribution in [0.1, 0.15) is 226 Å². The summed E-state index contributed by atoms with van der Waals surface area (Å²) in [6.45, 7) is 2.68. The molecule has 0 bridgehead atoms. The van der Waals surface area contributed by atoms with Crippen LogP contribution < -0.4 is 5.32 Å². The molecule has 0 aliphatic carbocycles. The number of allylic oxidation sites excluding steroid dienone is 1. The third-order valence-corrected chi connectivity index (χ3v) is 13.7. The molecule has 0 saturated carbocycles. The number of unbranched alkanes of at least 4 members (excludes halogenated alkanes) is 30. The van der Waals surface area contributed by atoms with Crippen molar-refractivity contribution in [1.82, 2.24) is 5.32 Å². The Bertz CT molecular complexity index is 1180. The summed E-state index contributed by atoms with van der Waals surface area (Å²) >= 11 is 0. The molecule has 14 heteroatoms. The number of carbonyl (C=O) groups excluding carboxylic acids is 1. The first-order valence-corrected chi connectivity index (χ1v) is 27.4. The minimum Gasteiger partial charge on any atom is -0.394 e. The van der Waals surface area contributed by atoms with Crippen molar-refractivity contribution in [2.45, 2.75) is 299 Å². The molecule has 2 fully saturated rings. The Balaban J connectivity index is 1.59. The van der Waals surface area contributed by atoms with Crippen LogP contribution in [0, 0.1) is 0 Å². The van der Waals surface area contributed by atoms with Crippen molar-refractivity contribution < 1.29 is 64.6 Å². The predicted octanol–water partition coefficient (Wildman–Crippen LogP) is 7.94. The summed E-state index contributed by atoms with van der Waals surface area (Å²) in [5.74, 6) is -0.242.